The van der Waals surface area contributed by atoms with Gasteiger partial charge in [-0.1, -0.05) is 30.3 Å². The van der Waals surface area contributed by atoms with Gasteiger partial charge >= 0.3 is 0 Å². The Morgan fingerprint density at radius 3 is 2.22 bits per heavy atom. The average Bonchev–Trinajstić information content (AvgIpc) is 3.27. The SMILES string of the molecule is O=C(CC(Cc1ccccc1)C(=O)n1ccnc1)n1ccnc1. The van der Waals surface area contributed by atoms with Gasteiger partial charge < -0.3 is 0 Å². The molecule has 2 aromatic heterocycles. The molecular weight excluding hydrogens is 292 g/mol. The molecule has 0 amide bonds. The molecule has 1 aromatic carbocycles. The van der Waals surface area contributed by atoms with Crippen molar-refractivity contribution in [2.45, 2.75) is 12.8 Å². The maximum absolute atomic E-state index is 12.7. The summed E-state index contributed by atoms with van der Waals surface area (Å²) in [5, 5.41) is 0. The molecule has 0 fully saturated rings. The molecule has 1 unspecified atom stereocenters. The van der Waals surface area contributed by atoms with E-state index < -0.39 is 5.92 Å². The Morgan fingerprint density at radius 2 is 1.61 bits per heavy atom. The fourth-order valence-electron chi connectivity index (χ4n) is 2.47. The molecule has 0 spiro atoms. The number of hydrogen-bond donors (Lipinski definition) is 0. The number of nitrogens with zero attached hydrogens (tertiary/aromatic N) is 4. The Morgan fingerprint density at radius 1 is 0.957 bits per heavy atom. The minimum Gasteiger partial charge on any atom is -0.276 e. The van der Waals surface area contributed by atoms with Crippen LogP contribution >= 0.6 is 0 Å². The van der Waals surface area contributed by atoms with Crippen LogP contribution < -0.4 is 0 Å². The molecule has 0 bridgehead atoms. The highest BCUT2D eigenvalue weighted by atomic mass is 16.2. The van der Waals surface area contributed by atoms with E-state index in [1.807, 2.05) is 30.3 Å². The Kier molecular flexibility index (Phi) is 4.42. The van der Waals surface area contributed by atoms with Gasteiger partial charge in [0.2, 0.25) is 11.8 Å². The molecule has 1 atom stereocenters. The Labute approximate surface area is 133 Å². The summed E-state index contributed by atoms with van der Waals surface area (Å²) < 4.78 is 2.83. The minimum atomic E-state index is -0.457. The molecule has 6 heteroatoms. The fourth-order valence-corrected chi connectivity index (χ4v) is 2.47. The second-order valence-electron chi connectivity index (χ2n) is 5.26. The maximum Gasteiger partial charge on any atom is 0.235 e. The largest absolute Gasteiger partial charge is 0.276 e. The van der Waals surface area contributed by atoms with Crippen LogP contribution in [0, 0.1) is 5.92 Å². The number of benzene rings is 1. The zero-order valence-electron chi connectivity index (χ0n) is 12.4. The van der Waals surface area contributed by atoms with E-state index in [4.69, 9.17) is 0 Å². The molecule has 23 heavy (non-hydrogen) atoms. The second kappa shape index (κ2) is 6.83. The van der Waals surface area contributed by atoms with Crippen molar-refractivity contribution in [3.05, 3.63) is 73.3 Å². The lowest BCUT2D eigenvalue weighted by atomic mass is 9.94. The van der Waals surface area contributed by atoms with E-state index in [1.54, 1.807) is 24.8 Å². The molecule has 2 heterocycles. The molecule has 3 aromatic rings. The average molecular weight is 308 g/mol. The standard InChI is InChI=1S/C17H16N4O2/c22-16(20-8-6-18-12-20)11-15(10-14-4-2-1-3-5-14)17(23)21-9-7-19-13-21/h1-9,12-13,15H,10-11H2. The van der Waals surface area contributed by atoms with Gasteiger partial charge in [-0.25, -0.2) is 9.97 Å². The Balaban J connectivity index is 1.81. The molecule has 0 aliphatic carbocycles. The van der Waals surface area contributed by atoms with Crippen molar-refractivity contribution in [1.29, 1.82) is 0 Å². The van der Waals surface area contributed by atoms with Crippen molar-refractivity contribution in [3.8, 4) is 0 Å². The molecule has 0 N–H and O–H groups in total. The first-order chi connectivity index (χ1) is 11.2. The van der Waals surface area contributed by atoms with Crippen molar-refractivity contribution in [2.75, 3.05) is 0 Å². The van der Waals surface area contributed by atoms with Gasteiger partial charge in [-0.15, -0.1) is 0 Å². The van der Waals surface area contributed by atoms with E-state index in [0.29, 0.717) is 6.42 Å². The molecule has 0 aliphatic heterocycles. The van der Waals surface area contributed by atoms with Gasteiger partial charge in [0.1, 0.15) is 12.7 Å². The van der Waals surface area contributed by atoms with Gasteiger partial charge in [0.05, 0.1) is 5.92 Å². The zero-order chi connectivity index (χ0) is 16.1. The quantitative estimate of drug-likeness (QED) is 0.725. The van der Waals surface area contributed by atoms with Crippen molar-refractivity contribution in [3.63, 3.8) is 0 Å². The van der Waals surface area contributed by atoms with E-state index in [-0.39, 0.29) is 18.2 Å². The summed E-state index contributed by atoms with van der Waals surface area (Å²) in [4.78, 5) is 32.8. The predicted molar refractivity (Wildman–Crippen MR) is 84.0 cm³/mol. The summed E-state index contributed by atoms with van der Waals surface area (Å²) in [6.45, 7) is 0. The van der Waals surface area contributed by atoms with Crippen molar-refractivity contribution >= 4 is 11.8 Å². The van der Waals surface area contributed by atoms with E-state index in [1.165, 1.54) is 21.8 Å². The van der Waals surface area contributed by atoms with E-state index >= 15 is 0 Å². The molecule has 6 nitrogen and oxygen atoms in total. The fraction of sp³-hybridized carbons (Fsp3) is 0.176. The van der Waals surface area contributed by atoms with E-state index in [9.17, 15) is 9.59 Å². The number of aromatic nitrogens is 4. The van der Waals surface area contributed by atoms with Gasteiger partial charge in [-0.2, -0.15) is 0 Å². The van der Waals surface area contributed by atoms with Crippen LogP contribution in [0.25, 0.3) is 0 Å². The van der Waals surface area contributed by atoms with Crippen molar-refractivity contribution in [2.24, 2.45) is 5.92 Å². The smallest absolute Gasteiger partial charge is 0.235 e. The van der Waals surface area contributed by atoms with Gasteiger partial charge in [0.25, 0.3) is 0 Å². The topological polar surface area (TPSA) is 69.8 Å². The van der Waals surface area contributed by atoms with Crippen LogP contribution in [0.1, 0.15) is 21.6 Å². The summed E-state index contributed by atoms with van der Waals surface area (Å²) in [5.74, 6) is -0.752. The van der Waals surface area contributed by atoms with Crippen LogP contribution in [-0.4, -0.2) is 30.9 Å². The van der Waals surface area contributed by atoms with Gasteiger partial charge in [0.15, 0.2) is 0 Å². The summed E-state index contributed by atoms with van der Waals surface area (Å²) in [6, 6.07) is 9.68. The molecule has 3 rings (SSSR count). The van der Waals surface area contributed by atoms with E-state index in [0.717, 1.165) is 5.56 Å². The first-order valence-electron chi connectivity index (χ1n) is 7.31. The summed E-state index contributed by atoms with van der Waals surface area (Å²) >= 11 is 0. The van der Waals surface area contributed by atoms with E-state index in [2.05, 4.69) is 9.97 Å². The third-order valence-electron chi connectivity index (χ3n) is 3.65. The number of carbonyl (C=O) groups excluding carboxylic acids is 2. The predicted octanol–water partition coefficient (Wildman–Crippen LogP) is 2.31. The van der Waals surface area contributed by atoms with Crippen molar-refractivity contribution in [1.82, 2.24) is 19.1 Å². The minimum absolute atomic E-state index is 0.113. The number of carbonyl (C=O) groups is 2. The van der Waals surface area contributed by atoms with Crippen LogP contribution in [-0.2, 0) is 6.42 Å². The summed E-state index contributed by atoms with van der Waals surface area (Å²) in [7, 11) is 0. The van der Waals surface area contributed by atoms with Gasteiger partial charge in [-0.05, 0) is 12.0 Å². The van der Waals surface area contributed by atoms with Crippen LogP contribution in [0.2, 0.25) is 0 Å². The number of rotatable bonds is 5. The third kappa shape index (κ3) is 3.60. The number of hydrogen-bond acceptors (Lipinski definition) is 4. The molecule has 0 aliphatic rings. The molecule has 116 valence electrons. The molecule has 0 saturated carbocycles. The second-order valence-corrected chi connectivity index (χ2v) is 5.26. The first-order valence-corrected chi connectivity index (χ1v) is 7.31. The lowest BCUT2D eigenvalue weighted by molar-refractivity contribution is 0.0758. The third-order valence-corrected chi connectivity index (χ3v) is 3.65. The summed E-state index contributed by atoms with van der Waals surface area (Å²) in [6.07, 6.45) is 9.80. The molecular formula is C17H16N4O2. The lowest BCUT2D eigenvalue weighted by Gasteiger charge is -2.15. The lowest BCUT2D eigenvalue weighted by Crippen LogP contribution is -2.27. The number of imidazole rings is 2. The molecule has 0 saturated heterocycles. The summed E-state index contributed by atoms with van der Waals surface area (Å²) in [5.41, 5.74) is 1.02. The Bertz CT molecular complexity index is 764. The monoisotopic (exact) mass is 308 g/mol. The van der Waals surface area contributed by atoms with Gasteiger partial charge in [-0.3, -0.25) is 18.7 Å². The van der Waals surface area contributed by atoms with Crippen LogP contribution in [0.5, 0.6) is 0 Å². The molecule has 0 radical (unpaired) electrons. The maximum atomic E-state index is 12.7. The zero-order valence-corrected chi connectivity index (χ0v) is 12.4. The highest BCUT2D eigenvalue weighted by molar-refractivity contribution is 5.88. The van der Waals surface area contributed by atoms with Gasteiger partial charge in [0, 0.05) is 31.2 Å². The highest BCUT2D eigenvalue weighted by Gasteiger charge is 2.24. The van der Waals surface area contributed by atoms with Crippen LogP contribution in [0.15, 0.2) is 67.8 Å². The van der Waals surface area contributed by atoms with Crippen LogP contribution in [0.3, 0.4) is 0 Å². The van der Waals surface area contributed by atoms with Crippen molar-refractivity contribution < 1.29 is 9.59 Å². The Hall–Kier alpha value is -3.02. The first kappa shape index (κ1) is 14.9. The van der Waals surface area contributed by atoms with Crippen LogP contribution in [0.4, 0.5) is 0 Å². The normalized spacial score (nSPS) is 12.0. The highest BCUT2D eigenvalue weighted by Crippen LogP contribution is 2.16.